The van der Waals surface area contributed by atoms with E-state index < -0.39 is 10.8 Å². The van der Waals surface area contributed by atoms with Gasteiger partial charge in [-0.3, -0.25) is 9.59 Å². The Hall–Kier alpha value is -2.32. The molecule has 2 unspecified atom stereocenters. The van der Waals surface area contributed by atoms with Crippen molar-refractivity contribution in [2.24, 2.45) is 32.9 Å². The molecule has 0 spiro atoms. The van der Waals surface area contributed by atoms with Crippen molar-refractivity contribution in [3.8, 4) is 0 Å². The first-order valence-electron chi connectivity index (χ1n) is 10.3. The summed E-state index contributed by atoms with van der Waals surface area (Å²) in [5, 5.41) is 12.3. The summed E-state index contributed by atoms with van der Waals surface area (Å²) >= 11 is 3.16. The molecule has 6 nitrogen and oxygen atoms in total. The van der Waals surface area contributed by atoms with Crippen molar-refractivity contribution in [3.05, 3.63) is 44.8 Å². The van der Waals surface area contributed by atoms with Crippen molar-refractivity contribution < 1.29 is 9.59 Å². The summed E-state index contributed by atoms with van der Waals surface area (Å²) < 4.78 is 0. The molecule has 2 atom stereocenters. The predicted octanol–water partition coefficient (Wildman–Crippen LogP) is 4.00. The van der Waals surface area contributed by atoms with Gasteiger partial charge in [-0.2, -0.15) is 10.2 Å². The van der Waals surface area contributed by atoms with Gasteiger partial charge in [0.2, 0.25) is 11.8 Å². The molecule has 156 valence electrons. The molecule has 6 rings (SSSR count). The van der Waals surface area contributed by atoms with E-state index in [-0.39, 0.29) is 11.8 Å². The number of hydrogen-bond acceptors (Lipinski definition) is 6. The standard InChI is InChI=1S/C22H24N4O2S2/c27-19(25-23-12-17-3-1-5-29-17)21-8-15-7-16(9-21)11-22(10-15,14-21)20(28)26-24-13-18-4-2-6-30-18/h1-6,12-13,15-16H,7-11,14H2,(H,25,27)(H,26,28)/b23-12-,24-13?. The maximum atomic E-state index is 13.2. The lowest BCUT2D eigenvalue weighted by Gasteiger charge is -2.60. The van der Waals surface area contributed by atoms with E-state index in [2.05, 4.69) is 21.1 Å². The predicted molar refractivity (Wildman–Crippen MR) is 120 cm³/mol. The largest absolute Gasteiger partial charge is 0.273 e. The van der Waals surface area contributed by atoms with E-state index in [1.165, 1.54) is 0 Å². The smallest absolute Gasteiger partial charge is 0.246 e. The quantitative estimate of drug-likeness (QED) is 0.526. The molecule has 0 radical (unpaired) electrons. The van der Waals surface area contributed by atoms with Crippen LogP contribution < -0.4 is 10.9 Å². The number of hydrazone groups is 2. The average Bonchev–Trinajstić information content (AvgIpc) is 3.41. The van der Waals surface area contributed by atoms with E-state index in [0.29, 0.717) is 18.3 Å². The lowest BCUT2D eigenvalue weighted by Crippen LogP contribution is -2.60. The van der Waals surface area contributed by atoms with Crippen LogP contribution in [0.15, 0.2) is 45.2 Å². The van der Waals surface area contributed by atoms with Crippen LogP contribution in [0.4, 0.5) is 0 Å². The van der Waals surface area contributed by atoms with E-state index >= 15 is 0 Å². The number of thiophene rings is 2. The molecule has 4 aliphatic rings. The van der Waals surface area contributed by atoms with Crippen LogP contribution in [0.2, 0.25) is 0 Å². The summed E-state index contributed by atoms with van der Waals surface area (Å²) in [5.74, 6) is 0.767. The van der Waals surface area contributed by atoms with E-state index in [1.54, 1.807) is 35.1 Å². The van der Waals surface area contributed by atoms with Gasteiger partial charge in [-0.15, -0.1) is 22.7 Å². The van der Waals surface area contributed by atoms with Crippen molar-refractivity contribution in [2.45, 2.75) is 38.5 Å². The number of hydrogen-bond donors (Lipinski definition) is 2. The van der Waals surface area contributed by atoms with Gasteiger partial charge in [0.05, 0.1) is 23.3 Å². The second-order valence-corrected chi connectivity index (χ2v) is 10.9. The third-order valence-corrected chi connectivity index (χ3v) is 8.44. The second kappa shape index (κ2) is 7.74. The lowest BCUT2D eigenvalue weighted by molar-refractivity contribution is -0.167. The third kappa shape index (κ3) is 3.63. The number of nitrogens with zero attached hydrogens (tertiary/aromatic N) is 2. The van der Waals surface area contributed by atoms with Crippen molar-refractivity contribution in [1.82, 2.24) is 10.9 Å². The number of carbonyl (C=O) groups excluding carboxylic acids is 2. The molecule has 4 saturated carbocycles. The van der Waals surface area contributed by atoms with Gasteiger partial charge in [-0.1, -0.05) is 12.1 Å². The van der Waals surface area contributed by atoms with Crippen LogP contribution in [0.3, 0.4) is 0 Å². The molecular formula is C22H24N4O2S2. The molecule has 2 aromatic heterocycles. The van der Waals surface area contributed by atoms with Crippen LogP contribution in [0.25, 0.3) is 0 Å². The zero-order valence-electron chi connectivity index (χ0n) is 16.5. The topological polar surface area (TPSA) is 82.9 Å². The van der Waals surface area contributed by atoms with Gasteiger partial charge >= 0.3 is 0 Å². The summed E-state index contributed by atoms with van der Waals surface area (Å²) in [5.41, 5.74) is 4.56. The van der Waals surface area contributed by atoms with E-state index in [1.807, 2.05) is 35.0 Å². The highest BCUT2D eigenvalue weighted by Crippen LogP contribution is 2.65. The summed E-state index contributed by atoms with van der Waals surface area (Å²) in [6, 6.07) is 7.83. The highest BCUT2D eigenvalue weighted by molar-refractivity contribution is 7.12. The lowest BCUT2D eigenvalue weighted by atomic mass is 9.43. The van der Waals surface area contributed by atoms with Crippen molar-refractivity contribution in [1.29, 1.82) is 0 Å². The zero-order chi connectivity index (χ0) is 20.6. The Morgan fingerprint density at radius 2 is 1.33 bits per heavy atom. The monoisotopic (exact) mass is 440 g/mol. The number of nitrogens with one attached hydrogen (secondary N) is 2. The summed E-state index contributed by atoms with van der Waals surface area (Å²) in [7, 11) is 0. The molecule has 2 aromatic rings. The normalized spacial score (nSPS) is 32.1. The van der Waals surface area contributed by atoms with Gasteiger partial charge < -0.3 is 0 Å². The Bertz CT molecular complexity index is 891. The van der Waals surface area contributed by atoms with Crippen LogP contribution in [0.1, 0.15) is 48.3 Å². The minimum Gasteiger partial charge on any atom is -0.273 e. The zero-order valence-corrected chi connectivity index (χ0v) is 18.2. The molecule has 0 aliphatic heterocycles. The molecule has 4 bridgehead atoms. The molecule has 2 amide bonds. The van der Waals surface area contributed by atoms with Gasteiger partial charge in [-0.05, 0) is 73.3 Å². The van der Waals surface area contributed by atoms with Crippen LogP contribution in [0.5, 0.6) is 0 Å². The Labute approximate surface area is 183 Å². The second-order valence-electron chi connectivity index (χ2n) is 8.95. The van der Waals surface area contributed by atoms with Crippen LogP contribution >= 0.6 is 22.7 Å². The van der Waals surface area contributed by atoms with Gasteiger partial charge in [0.1, 0.15) is 0 Å². The Morgan fingerprint density at radius 1 is 0.867 bits per heavy atom. The Morgan fingerprint density at radius 3 is 1.73 bits per heavy atom. The first-order chi connectivity index (χ1) is 14.6. The van der Waals surface area contributed by atoms with Crippen LogP contribution in [-0.2, 0) is 9.59 Å². The molecular weight excluding hydrogens is 416 g/mol. The Kier molecular flexibility index (Phi) is 5.06. The van der Waals surface area contributed by atoms with Gasteiger partial charge in [-0.25, -0.2) is 10.9 Å². The average molecular weight is 441 g/mol. The van der Waals surface area contributed by atoms with Crippen LogP contribution in [0, 0.1) is 22.7 Å². The molecule has 4 aliphatic carbocycles. The fraction of sp³-hybridized carbons (Fsp3) is 0.455. The molecule has 2 N–H and O–H groups in total. The van der Waals surface area contributed by atoms with Crippen molar-refractivity contribution in [2.75, 3.05) is 0 Å². The third-order valence-electron chi connectivity index (χ3n) is 6.83. The maximum Gasteiger partial charge on any atom is 0.246 e. The molecule has 0 saturated heterocycles. The van der Waals surface area contributed by atoms with Crippen molar-refractivity contribution >= 4 is 46.9 Å². The fourth-order valence-electron chi connectivity index (χ4n) is 6.07. The van der Waals surface area contributed by atoms with E-state index in [9.17, 15) is 9.59 Å². The van der Waals surface area contributed by atoms with Gasteiger partial charge in [0.25, 0.3) is 0 Å². The van der Waals surface area contributed by atoms with Gasteiger partial charge in [0.15, 0.2) is 0 Å². The van der Waals surface area contributed by atoms with Crippen LogP contribution in [-0.4, -0.2) is 24.2 Å². The highest BCUT2D eigenvalue weighted by Gasteiger charge is 2.63. The summed E-state index contributed by atoms with van der Waals surface area (Å²) in [6.07, 6.45) is 8.52. The minimum atomic E-state index is -0.494. The fourth-order valence-corrected chi connectivity index (χ4v) is 7.24. The molecule has 8 heteroatoms. The SMILES string of the molecule is O=C(NN=Cc1cccs1)C12CC3CC(C1)CC(C(=O)N/N=C\c1cccs1)(C3)C2. The summed E-state index contributed by atoms with van der Waals surface area (Å²) in [4.78, 5) is 28.4. The molecule has 4 fully saturated rings. The first kappa shape index (κ1) is 19.6. The van der Waals surface area contributed by atoms with E-state index in [4.69, 9.17) is 0 Å². The maximum absolute atomic E-state index is 13.2. The first-order valence-corrected chi connectivity index (χ1v) is 12.1. The van der Waals surface area contributed by atoms with E-state index in [0.717, 1.165) is 41.9 Å². The Balaban J connectivity index is 1.30. The van der Waals surface area contributed by atoms with Crippen molar-refractivity contribution in [3.63, 3.8) is 0 Å². The number of amides is 2. The number of rotatable bonds is 6. The molecule has 2 heterocycles. The highest BCUT2D eigenvalue weighted by atomic mass is 32.1. The number of carbonyl (C=O) groups is 2. The summed E-state index contributed by atoms with van der Waals surface area (Å²) in [6.45, 7) is 0. The molecule has 30 heavy (non-hydrogen) atoms. The molecule has 0 aromatic carbocycles. The van der Waals surface area contributed by atoms with Gasteiger partial charge in [0, 0.05) is 9.75 Å². The minimum absolute atomic E-state index is 0.0383.